The van der Waals surface area contributed by atoms with Gasteiger partial charge in [-0.2, -0.15) is 0 Å². The van der Waals surface area contributed by atoms with Gasteiger partial charge in [0.25, 0.3) is 5.91 Å². The van der Waals surface area contributed by atoms with Crippen LogP contribution in [0.25, 0.3) is 0 Å². The van der Waals surface area contributed by atoms with E-state index in [0.717, 1.165) is 12.0 Å². The highest BCUT2D eigenvalue weighted by Crippen LogP contribution is 2.20. The van der Waals surface area contributed by atoms with Crippen molar-refractivity contribution < 1.29 is 13.2 Å². The SMILES string of the molecule is CC1=CCN(C(=O)c2cc(C)ccc2S(N)(=O)=O)CC1. The molecular weight excluding hydrogens is 276 g/mol. The largest absolute Gasteiger partial charge is 0.335 e. The standard InChI is InChI=1S/C14H18N2O3S/c1-10-5-7-16(8-6-10)14(17)12-9-11(2)3-4-13(12)20(15,18)19/h3-5,9H,6-8H2,1-2H3,(H2,15,18,19). The van der Waals surface area contributed by atoms with Crippen molar-refractivity contribution in [1.29, 1.82) is 0 Å². The number of benzene rings is 1. The van der Waals surface area contributed by atoms with E-state index in [1.54, 1.807) is 17.0 Å². The zero-order valence-corrected chi connectivity index (χ0v) is 12.4. The second-order valence-electron chi connectivity index (χ2n) is 5.10. The van der Waals surface area contributed by atoms with E-state index >= 15 is 0 Å². The number of primary sulfonamides is 1. The molecule has 1 aliphatic heterocycles. The summed E-state index contributed by atoms with van der Waals surface area (Å²) in [6, 6.07) is 4.60. The van der Waals surface area contributed by atoms with E-state index in [0.29, 0.717) is 13.1 Å². The molecule has 0 bridgehead atoms. The van der Waals surface area contributed by atoms with Gasteiger partial charge in [0.1, 0.15) is 0 Å². The smallest absolute Gasteiger partial charge is 0.255 e. The molecule has 2 N–H and O–H groups in total. The van der Waals surface area contributed by atoms with Crippen LogP contribution in [0.2, 0.25) is 0 Å². The first kappa shape index (κ1) is 14.7. The fourth-order valence-corrected chi connectivity index (χ4v) is 2.90. The van der Waals surface area contributed by atoms with Crippen LogP contribution in [0.5, 0.6) is 0 Å². The molecule has 0 spiro atoms. The molecule has 0 saturated heterocycles. The van der Waals surface area contributed by atoms with Crippen LogP contribution in [0.4, 0.5) is 0 Å². The molecule has 1 aliphatic rings. The molecule has 0 radical (unpaired) electrons. The van der Waals surface area contributed by atoms with Gasteiger partial charge in [-0.15, -0.1) is 0 Å². The van der Waals surface area contributed by atoms with Crippen LogP contribution in [0, 0.1) is 6.92 Å². The molecule has 1 heterocycles. The number of rotatable bonds is 2. The number of sulfonamides is 1. The van der Waals surface area contributed by atoms with Crippen molar-refractivity contribution in [3.05, 3.63) is 41.0 Å². The average molecular weight is 294 g/mol. The van der Waals surface area contributed by atoms with E-state index in [1.165, 1.54) is 11.6 Å². The summed E-state index contributed by atoms with van der Waals surface area (Å²) in [6.07, 6.45) is 2.79. The Labute approximate surface area is 119 Å². The van der Waals surface area contributed by atoms with E-state index in [4.69, 9.17) is 5.14 Å². The molecule has 0 fully saturated rings. The molecule has 5 nitrogen and oxygen atoms in total. The van der Waals surface area contributed by atoms with E-state index < -0.39 is 10.0 Å². The number of hydrogen-bond donors (Lipinski definition) is 1. The molecule has 108 valence electrons. The molecular formula is C14H18N2O3S. The van der Waals surface area contributed by atoms with Gasteiger partial charge in [0.2, 0.25) is 10.0 Å². The minimum atomic E-state index is -3.91. The number of carbonyl (C=O) groups is 1. The molecule has 2 rings (SSSR count). The van der Waals surface area contributed by atoms with Crippen LogP contribution in [-0.2, 0) is 10.0 Å². The van der Waals surface area contributed by atoms with Gasteiger partial charge in [0, 0.05) is 13.1 Å². The average Bonchev–Trinajstić information content (AvgIpc) is 2.37. The van der Waals surface area contributed by atoms with Crippen molar-refractivity contribution in [2.75, 3.05) is 13.1 Å². The molecule has 0 aromatic heterocycles. The number of nitrogens with two attached hydrogens (primary N) is 1. The zero-order chi connectivity index (χ0) is 14.9. The number of nitrogens with zero attached hydrogens (tertiary/aromatic N) is 1. The first-order valence-corrected chi connectivity index (χ1v) is 7.92. The van der Waals surface area contributed by atoms with Crippen LogP contribution in [-0.4, -0.2) is 32.3 Å². The first-order chi connectivity index (χ1) is 9.29. The predicted molar refractivity (Wildman–Crippen MR) is 76.8 cm³/mol. The molecule has 1 aromatic carbocycles. The van der Waals surface area contributed by atoms with Crippen LogP contribution < -0.4 is 5.14 Å². The number of amides is 1. The van der Waals surface area contributed by atoms with Crippen LogP contribution >= 0.6 is 0 Å². The van der Waals surface area contributed by atoms with E-state index in [1.807, 2.05) is 19.9 Å². The van der Waals surface area contributed by atoms with E-state index in [-0.39, 0.29) is 16.4 Å². The maximum absolute atomic E-state index is 12.5. The Bertz CT molecular complexity index is 678. The number of aryl methyl sites for hydroxylation is 1. The normalized spacial score (nSPS) is 15.9. The lowest BCUT2D eigenvalue weighted by Gasteiger charge is -2.26. The third kappa shape index (κ3) is 3.08. The second-order valence-corrected chi connectivity index (χ2v) is 6.63. The second kappa shape index (κ2) is 5.38. The Morgan fingerprint density at radius 3 is 2.55 bits per heavy atom. The Morgan fingerprint density at radius 2 is 2.00 bits per heavy atom. The molecule has 20 heavy (non-hydrogen) atoms. The van der Waals surface area contributed by atoms with Crippen LogP contribution in [0.15, 0.2) is 34.7 Å². The maximum Gasteiger partial charge on any atom is 0.255 e. The summed E-state index contributed by atoms with van der Waals surface area (Å²) < 4.78 is 23.2. The van der Waals surface area contributed by atoms with Gasteiger partial charge < -0.3 is 4.90 Å². The molecule has 6 heteroatoms. The monoisotopic (exact) mass is 294 g/mol. The van der Waals surface area contributed by atoms with Gasteiger partial charge in [0.15, 0.2) is 0 Å². The Kier molecular flexibility index (Phi) is 3.96. The van der Waals surface area contributed by atoms with Gasteiger partial charge in [0.05, 0.1) is 10.5 Å². The predicted octanol–water partition coefficient (Wildman–Crippen LogP) is 1.43. The Hall–Kier alpha value is -1.66. The summed E-state index contributed by atoms with van der Waals surface area (Å²) in [5.74, 6) is -0.290. The Balaban J connectivity index is 2.42. The highest BCUT2D eigenvalue weighted by atomic mass is 32.2. The third-order valence-electron chi connectivity index (χ3n) is 3.40. The molecule has 0 saturated carbocycles. The first-order valence-electron chi connectivity index (χ1n) is 6.37. The van der Waals surface area contributed by atoms with Crippen LogP contribution in [0.3, 0.4) is 0 Å². The van der Waals surface area contributed by atoms with Crippen LogP contribution in [0.1, 0.15) is 29.3 Å². The minimum absolute atomic E-state index is 0.112. The fourth-order valence-electron chi connectivity index (χ4n) is 2.18. The van der Waals surface area contributed by atoms with Crippen molar-refractivity contribution in [2.24, 2.45) is 5.14 Å². The fraction of sp³-hybridized carbons (Fsp3) is 0.357. The van der Waals surface area contributed by atoms with Gasteiger partial charge in [-0.05, 0) is 32.4 Å². The summed E-state index contributed by atoms with van der Waals surface area (Å²) in [6.45, 7) is 4.93. The molecule has 1 amide bonds. The lowest BCUT2D eigenvalue weighted by atomic mass is 10.1. The summed E-state index contributed by atoms with van der Waals surface area (Å²) in [5, 5.41) is 5.19. The number of carbonyl (C=O) groups excluding carboxylic acids is 1. The molecule has 0 unspecified atom stereocenters. The zero-order valence-electron chi connectivity index (χ0n) is 11.6. The summed E-state index contributed by atoms with van der Waals surface area (Å²) >= 11 is 0. The van der Waals surface area contributed by atoms with Crippen molar-refractivity contribution >= 4 is 15.9 Å². The van der Waals surface area contributed by atoms with Crippen molar-refractivity contribution in [3.63, 3.8) is 0 Å². The quantitative estimate of drug-likeness (QED) is 0.838. The van der Waals surface area contributed by atoms with Crippen molar-refractivity contribution in [1.82, 2.24) is 4.90 Å². The Morgan fingerprint density at radius 1 is 1.30 bits per heavy atom. The van der Waals surface area contributed by atoms with Crippen molar-refractivity contribution in [3.8, 4) is 0 Å². The van der Waals surface area contributed by atoms with E-state index in [2.05, 4.69) is 0 Å². The maximum atomic E-state index is 12.5. The highest BCUT2D eigenvalue weighted by molar-refractivity contribution is 7.89. The van der Waals surface area contributed by atoms with Crippen molar-refractivity contribution in [2.45, 2.75) is 25.2 Å². The molecule has 1 aromatic rings. The third-order valence-corrected chi connectivity index (χ3v) is 4.36. The summed E-state index contributed by atoms with van der Waals surface area (Å²) in [7, 11) is -3.91. The van der Waals surface area contributed by atoms with Gasteiger partial charge in [-0.1, -0.05) is 23.3 Å². The lowest BCUT2D eigenvalue weighted by Crippen LogP contribution is -2.35. The molecule has 0 atom stereocenters. The molecule has 0 aliphatic carbocycles. The topological polar surface area (TPSA) is 80.5 Å². The lowest BCUT2D eigenvalue weighted by molar-refractivity contribution is 0.0765. The van der Waals surface area contributed by atoms with Gasteiger partial charge >= 0.3 is 0 Å². The highest BCUT2D eigenvalue weighted by Gasteiger charge is 2.24. The van der Waals surface area contributed by atoms with Gasteiger partial charge in [-0.3, -0.25) is 4.79 Å². The van der Waals surface area contributed by atoms with Gasteiger partial charge in [-0.25, -0.2) is 13.6 Å². The number of hydrogen-bond acceptors (Lipinski definition) is 3. The van der Waals surface area contributed by atoms with E-state index in [9.17, 15) is 13.2 Å². The summed E-state index contributed by atoms with van der Waals surface area (Å²) in [5.41, 5.74) is 2.22. The minimum Gasteiger partial charge on any atom is -0.335 e. The summed E-state index contributed by atoms with van der Waals surface area (Å²) in [4.78, 5) is 14.0.